The van der Waals surface area contributed by atoms with Crippen LogP contribution in [0.1, 0.15) is 38.2 Å². The highest BCUT2D eigenvalue weighted by molar-refractivity contribution is 6.31. The fourth-order valence-corrected chi connectivity index (χ4v) is 2.98. The van der Waals surface area contributed by atoms with Gasteiger partial charge in [-0.15, -0.1) is 0 Å². The quantitative estimate of drug-likeness (QED) is 0.813. The van der Waals surface area contributed by atoms with Crippen molar-refractivity contribution in [3.8, 4) is 0 Å². The summed E-state index contributed by atoms with van der Waals surface area (Å²) in [5, 5.41) is 0.800. The molecule has 0 aromatic heterocycles. The van der Waals surface area contributed by atoms with Gasteiger partial charge in [0.05, 0.1) is 0 Å². The van der Waals surface area contributed by atoms with Crippen LogP contribution in [0.3, 0.4) is 0 Å². The van der Waals surface area contributed by atoms with Crippen LogP contribution in [0.25, 0.3) is 0 Å². The lowest BCUT2D eigenvalue weighted by atomic mass is 9.79. The molecule has 0 saturated heterocycles. The lowest BCUT2D eigenvalue weighted by Crippen LogP contribution is -2.40. The molecule has 0 bridgehead atoms. The molecule has 0 radical (unpaired) electrons. The van der Waals surface area contributed by atoms with Gasteiger partial charge in [0.2, 0.25) is 0 Å². The Balaban J connectivity index is 2.31. The Morgan fingerprint density at radius 1 is 1.27 bits per heavy atom. The predicted octanol–water partition coefficient (Wildman–Crippen LogP) is 3.70. The standard InChI is InChI=1S/C13H18ClN/c1-13(15,10-6-2-3-7-10)11-8-4-5-9-12(11)14/h4-5,8-10H,2-3,6-7,15H2,1H3. The molecule has 2 heteroatoms. The molecule has 82 valence electrons. The molecular formula is C13H18ClN. The lowest BCUT2D eigenvalue weighted by Gasteiger charge is -2.32. The van der Waals surface area contributed by atoms with Gasteiger partial charge in [-0.1, -0.05) is 42.6 Å². The largest absolute Gasteiger partial charge is 0.321 e. The van der Waals surface area contributed by atoms with Crippen LogP contribution < -0.4 is 5.73 Å². The average molecular weight is 224 g/mol. The molecule has 1 atom stereocenters. The summed E-state index contributed by atoms with van der Waals surface area (Å²) in [6.45, 7) is 2.12. The maximum atomic E-state index is 6.46. The molecule has 15 heavy (non-hydrogen) atoms. The molecule has 1 saturated carbocycles. The average Bonchev–Trinajstić information content (AvgIpc) is 2.71. The summed E-state index contributed by atoms with van der Waals surface area (Å²) < 4.78 is 0. The van der Waals surface area contributed by atoms with Crippen molar-refractivity contribution in [1.82, 2.24) is 0 Å². The van der Waals surface area contributed by atoms with Crippen LogP contribution >= 0.6 is 11.6 Å². The van der Waals surface area contributed by atoms with E-state index < -0.39 is 0 Å². The van der Waals surface area contributed by atoms with E-state index in [1.165, 1.54) is 25.7 Å². The first-order valence-electron chi connectivity index (χ1n) is 5.66. The highest BCUT2D eigenvalue weighted by atomic mass is 35.5. The normalized spacial score (nSPS) is 21.5. The zero-order valence-electron chi connectivity index (χ0n) is 9.17. The van der Waals surface area contributed by atoms with E-state index in [-0.39, 0.29) is 5.54 Å². The molecule has 1 fully saturated rings. The van der Waals surface area contributed by atoms with E-state index in [9.17, 15) is 0 Å². The summed E-state index contributed by atoms with van der Waals surface area (Å²) in [7, 11) is 0. The second-order valence-corrected chi connectivity index (χ2v) is 5.15. The van der Waals surface area contributed by atoms with Crippen LogP contribution in [-0.4, -0.2) is 0 Å². The summed E-state index contributed by atoms with van der Waals surface area (Å²) in [5.74, 6) is 0.581. The van der Waals surface area contributed by atoms with Crippen LogP contribution in [0, 0.1) is 5.92 Å². The number of rotatable bonds is 2. The summed E-state index contributed by atoms with van der Waals surface area (Å²) in [5.41, 5.74) is 7.29. The van der Waals surface area contributed by atoms with Gasteiger partial charge in [-0.25, -0.2) is 0 Å². The fourth-order valence-electron chi connectivity index (χ4n) is 2.64. The van der Waals surface area contributed by atoms with Crippen LogP contribution in [0.15, 0.2) is 24.3 Å². The van der Waals surface area contributed by atoms with E-state index in [2.05, 4.69) is 13.0 Å². The van der Waals surface area contributed by atoms with Gasteiger partial charge in [0.15, 0.2) is 0 Å². The summed E-state index contributed by atoms with van der Waals surface area (Å²) in [6.07, 6.45) is 5.08. The second-order valence-electron chi connectivity index (χ2n) is 4.74. The number of hydrogen-bond donors (Lipinski definition) is 1. The predicted molar refractivity (Wildman–Crippen MR) is 64.9 cm³/mol. The Kier molecular flexibility index (Phi) is 3.03. The van der Waals surface area contributed by atoms with Gasteiger partial charge in [-0.3, -0.25) is 0 Å². The Morgan fingerprint density at radius 2 is 1.87 bits per heavy atom. The molecule has 0 amide bonds. The van der Waals surface area contributed by atoms with Crippen LogP contribution in [0.5, 0.6) is 0 Å². The molecule has 1 nitrogen and oxygen atoms in total. The van der Waals surface area contributed by atoms with E-state index in [1.807, 2.05) is 18.2 Å². The molecule has 0 aliphatic heterocycles. The highest BCUT2D eigenvalue weighted by Crippen LogP contribution is 2.40. The van der Waals surface area contributed by atoms with Gasteiger partial charge in [-0.2, -0.15) is 0 Å². The molecule has 2 rings (SSSR count). The van der Waals surface area contributed by atoms with Crippen molar-refractivity contribution in [2.24, 2.45) is 11.7 Å². The van der Waals surface area contributed by atoms with E-state index in [1.54, 1.807) is 0 Å². The first kappa shape index (κ1) is 11.0. The summed E-state index contributed by atoms with van der Waals surface area (Å²) in [6, 6.07) is 7.95. The summed E-state index contributed by atoms with van der Waals surface area (Å²) in [4.78, 5) is 0. The molecule has 1 unspecified atom stereocenters. The SMILES string of the molecule is CC(N)(c1ccccc1Cl)C1CCCC1. The van der Waals surface area contributed by atoms with Crippen molar-refractivity contribution in [3.63, 3.8) is 0 Å². The van der Waals surface area contributed by atoms with Gasteiger partial charge in [-0.05, 0) is 37.3 Å². The van der Waals surface area contributed by atoms with Crippen LogP contribution in [-0.2, 0) is 5.54 Å². The Labute approximate surface area is 96.6 Å². The highest BCUT2D eigenvalue weighted by Gasteiger charge is 2.34. The molecule has 1 aromatic rings. The molecule has 0 heterocycles. The van der Waals surface area contributed by atoms with Gasteiger partial charge < -0.3 is 5.73 Å². The van der Waals surface area contributed by atoms with Crippen molar-refractivity contribution in [1.29, 1.82) is 0 Å². The zero-order chi connectivity index (χ0) is 10.9. The fraction of sp³-hybridized carbons (Fsp3) is 0.538. The molecule has 1 aliphatic rings. The minimum atomic E-state index is -0.269. The third-order valence-corrected chi connectivity index (χ3v) is 3.99. The van der Waals surface area contributed by atoms with Crippen molar-refractivity contribution in [2.75, 3.05) is 0 Å². The zero-order valence-corrected chi connectivity index (χ0v) is 9.93. The Bertz CT molecular complexity index is 340. The molecule has 1 aromatic carbocycles. The molecule has 1 aliphatic carbocycles. The first-order valence-corrected chi connectivity index (χ1v) is 6.04. The maximum Gasteiger partial charge on any atom is 0.0456 e. The minimum Gasteiger partial charge on any atom is -0.321 e. The smallest absolute Gasteiger partial charge is 0.0456 e. The van der Waals surface area contributed by atoms with E-state index in [0.29, 0.717) is 5.92 Å². The van der Waals surface area contributed by atoms with Crippen molar-refractivity contribution in [2.45, 2.75) is 38.1 Å². The van der Waals surface area contributed by atoms with Crippen molar-refractivity contribution in [3.05, 3.63) is 34.9 Å². The van der Waals surface area contributed by atoms with Crippen LogP contribution in [0.4, 0.5) is 0 Å². The van der Waals surface area contributed by atoms with E-state index in [4.69, 9.17) is 17.3 Å². The third kappa shape index (κ3) is 2.04. The van der Waals surface area contributed by atoms with Crippen molar-refractivity contribution >= 4 is 11.6 Å². The van der Waals surface area contributed by atoms with Gasteiger partial charge in [0.25, 0.3) is 0 Å². The van der Waals surface area contributed by atoms with Crippen molar-refractivity contribution < 1.29 is 0 Å². The summed E-state index contributed by atoms with van der Waals surface area (Å²) >= 11 is 6.21. The monoisotopic (exact) mass is 223 g/mol. The van der Waals surface area contributed by atoms with Gasteiger partial charge in [0, 0.05) is 10.6 Å². The molecule has 0 spiro atoms. The van der Waals surface area contributed by atoms with Gasteiger partial charge in [0.1, 0.15) is 0 Å². The topological polar surface area (TPSA) is 26.0 Å². The lowest BCUT2D eigenvalue weighted by molar-refractivity contribution is 0.307. The number of nitrogens with two attached hydrogens (primary N) is 1. The first-order chi connectivity index (χ1) is 7.12. The van der Waals surface area contributed by atoms with E-state index in [0.717, 1.165) is 10.6 Å². The van der Waals surface area contributed by atoms with Gasteiger partial charge >= 0.3 is 0 Å². The Morgan fingerprint density at radius 3 is 2.47 bits per heavy atom. The molecular weight excluding hydrogens is 206 g/mol. The molecule has 2 N–H and O–H groups in total. The number of benzene rings is 1. The minimum absolute atomic E-state index is 0.269. The van der Waals surface area contributed by atoms with E-state index >= 15 is 0 Å². The van der Waals surface area contributed by atoms with Crippen LogP contribution in [0.2, 0.25) is 5.02 Å². The third-order valence-electron chi connectivity index (χ3n) is 3.66. The number of hydrogen-bond acceptors (Lipinski definition) is 1. The maximum absolute atomic E-state index is 6.46. The second kappa shape index (κ2) is 4.15. The Hall–Kier alpha value is -0.530. The number of halogens is 1.